The zero-order valence-corrected chi connectivity index (χ0v) is 14.1. The Hall–Kier alpha value is -1.52. The van der Waals surface area contributed by atoms with Crippen LogP contribution in [-0.4, -0.2) is 31.5 Å². The number of aliphatic hydroxyl groups excluding tert-OH is 1. The summed E-state index contributed by atoms with van der Waals surface area (Å²) in [4.78, 5) is 0. The van der Waals surface area contributed by atoms with Crippen LogP contribution in [0.2, 0.25) is 0 Å². The number of benzene rings is 1. The lowest BCUT2D eigenvalue weighted by atomic mass is 9.97. The third kappa shape index (κ3) is 6.24. The Morgan fingerprint density at radius 1 is 1.17 bits per heavy atom. The summed E-state index contributed by atoms with van der Waals surface area (Å²) in [5.41, 5.74) is 2.79. The van der Waals surface area contributed by atoms with E-state index in [0.717, 1.165) is 25.3 Å². The van der Waals surface area contributed by atoms with Crippen molar-refractivity contribution >= 4 is 0 Å². The largest absolute Gasteiger partial charge is 0.490 e. The van der Waals surface area contributed by atoms with Crippen molar-refractivity contribution < 1.29 is 14.6 Å². The fourth-order valence-corrected chi connectivity index (χ4v) is 2.82. The molecule has 0 unspecified atom stereocenters. The fourth-order valence-electron chi connectivity index (χ4n) is 2.82. The van der Waals surface area contributed by atoms with E-state index in [1.54, 1.807) is 5.57 Å². The fraction of sp³-hybridized carbons (Fsp3) is 0.579. The normalized spacial score (nSPS) is 14.4. The Morgan fingerprint density at radius 3 is 2.83 bits per heavy atom. The topological polar surface area (TPSA) is 50.7 Å². The van der Waals surface area contributed by atoms with Gasteiger partial charge in [-0.1, -0.05) is 17.7 Å². The molecule has 0 aromatic heterocycles. The van der Waals surface area contributed by atoms with Crippen LogP contribution in [-0.2, 0) is 6.54 Å². The molecule has 0 fully saturated rings. The number of aliphatic hydroxyl groups is 1. The van der Waals surface area contributed by atoms with E-state index in [0.29, 0.717) is 12.4 Å². The average Bonchev–Trinajstić information content (AvgIpc) is 2.59. The number of rotatable bonds is 10. The zero-order valence-electron chi connectivity index (χ0n) is 14.1. The van der Waals surface area contributed by atoms with Gasteiger partial charge in [-0.25, -0.2) is 0 Å². The molecule has 128 valence electrons. The first-order valence-corrected chi connectivity index (χ1v) is 8.71. The molecule has 0 saturated carbocycles. The average molecular weight is 319 g/mol. The van der Waals surface area contributed by atoms with Gasteiger partial charge in [-0.15, -0.1) is 0 Å². The van der Waals surface area contributed by atoms with Crippen LogP contribution in [0.4, 0.5) is 0 Å². The molecule has 1 aromatic rings. The van der Waals surface area contributed by atoms with Crippen molar-refractivity contribution in [2.24, 2.45) is 0 Å². The van der Waals surface area contributed by atoms with E-state index >= 15 is 0 Å². The molecule has 2 rings (SSSR count). The molecule has 1 aliphatic carbocycles. The molecule has 0 amide bonds. The van der Waals surface area contributed by atoms with E-state index in [2.05, 4.69) is 11.4 Å². The van der Waals surface area contributed by atoms with Crippen LogP contribution in [0.1, 0.15) is 44.6 Å². The van der Waals surface area contributed by atoms with Crippen LogP contribution in [0, 0.1) is 0 Å². The summed E-state index contributed by atoms with van der Waals surface area (Å²) in [6.07, 6.45) is 8.78. The van der Waals surface area contributed by atoms with Gasteiger partial charge in [0.2, 0.25) is 0 Å². The standard InChI is InChI=1S/C19H29NO3/c1-2-22-19-14-17(8-9-18(19)23-13-12-21)15-20-11-10-16-6-4-3-5-7-16/h6,8-9,14,20-21H,2-5,7,10-13,15H2,1H3. The minimum Gasteiger partial charge on any atom is -0.490 e. The first-order chi connectivity index (χ1) is 11.3. The smallest absolute Gasteiger partial charge is 0.161 e. The monoisotopic (exact) mass is 319 g/mol. The summed E-state index contributed by atoms with van der Waals surface area (Å²) in [5.74, 6) is 1.44. The SMILES string of the molecule is CCOc1cc(CNCCC2=CCCCC2)ccc1OCCO. The number of allylic oxidation sites excluding steroid dienone is 1. The van der Waals surface area contributed by atoms with Gasteiger partial charge in [0, 0.05) is 6.54 Å². The van der Waals surface area contributed by atoms with Crippen molar-refractivity contribution in [2.75, 3.05) is 26.4 Å². The molecule has 1 aromatic carbocycles. The van der Waals surface area contributed by atoms with Gasteiger partial charge in [0.25, 0.3) is 0 Å². The third-order valence-electron chi connectivity index (χ3n) is 3.99. The second-order valence-electron chi connectivity index (χ2n) is 5.82. The van der Waals surface area contributed by atoms with Crippen molar-refractivity contribution in [3.8, 4) is 11.5 Å². The summed E-state index contributed by atoms with van der Waals surface area (Å²) >= 11 is 0. The summed E-state index contributed by atoms with van der Waals surface area (Å²) in [6.45, 7) is 4.68. The van der Waals surface area contributed by atoms with Gasteiger partial charge >= 0.3 is 0 Å². The summed E-state index contributed by atoms with van der Waals surface area (Å²) in [6, 6.07) is 5.98. The van der Waals surface area contributed by atoms with Crippen LogP contribution in [0.25, 0.3) is 0 Å². The highest BCUT2D eigenvalue weighted by atomic mass is 16.5. The predicted molar refractivity (Wildman–Crippen MR) is 93.1 cm³/mol. The Kier molecular flexibility index (Phi) is 7.98. The Balaban J connectivity index is 1.81. The van der Waals surface area contributed by atoms with Crippen LogP contribution >= 0.6 is 0 Å². The molecule has 1 aliphatic rings. The van der Waals surface area contributed by atoms with Gasteiger partial charge in [0.15, 0.2) is 11.5 Å². The third-order valence-corrected chi connectivity index (χ3v) is 3.99. The van der Waals surface area contributed by atoms with Crippen molar-refractivity contribution in [2.45, 2.75) is 45.6 Å². The maximum absolute atomic E-state index is 8.87. The van der Waals surface area contributed by atoms with Gasteiger partial charge < -0.3 is 19.9 Å². The van der Waals surface area contributed by atoms with Gasteiger partial charge in [0.1, 0.15) is 6.61 Å². The van der Waals surface area contributed by atoms with Gasteiger partial charge in [-0.05, 0) is 63.3 Å². The van der Waals surface area contributed by atoms with E-state index in [1.165, 1.54) is 31.2 Å². The lowest BCUT2D eigenvalue weighted by molar-refractivity contribution is 0.194. The maximum Gasteiger partial charge on any atom is 0.161 e. The number of hydrogen-bond donors (Lipinski definition) is 2. The molecule has 0 bridgehead atoms. The van der Waals surface area contributed by atoms with Gasteiger partial charge in [-0.3, -0.25) is 0 Å². The summed E-state index contributed by atoms with van der Waals surface area (Å²) < 4.78 is 11.1. The first kappa shape index (κ1) is 17.8. The van der Waals surface area contributed by atoms with E-state index < -0.39 is 0 Å². The van der Waals surface area contributed by atoms with E-state index in [-0.39, 0.29) is 13.2 Å². The molecule has 4 nitrogen and oxygen atoms in total. The number of nitrogens with one attached hydrogen (secondary N) is 1. The maximum atomic E-state index is 8.87. The van der Waals surface area contributed by atoms with E-state index in [1.807, 2.05) is 25.1 Å². The Morgan fingerprint density at radius 2 is 2.09 bits per heavy atom. The van der Waals surface area contributed by atoms with Gasteiger partial charge in [-0.2, -0.15) is 0 Å². The summed E-state index contributed by atoms with van der Waals surface area (Å²) in [7, 11) is 0. The van der Waals surface area contributed by atoms with Crippen molar-refractivity contribution in [3.63, 3.8) is 0 Å². The van der Waals surface area contributed by atoms with E-state index in [4.69, 9.17) is 14.6 Å². The first-order valence-electron chi connectivity index (χ1n) is 8.71. The Bertz CT molecular complexity index is 499. The van der Waals surface area contributed by atoms with Crippen LogP contribution in [0.3, 0.4) is 0 Å². The van der Waals surface area contributed by atoms with Crippen LogP contribution < -0.4 is 14.8 Å². The molecule has 0 aliphatic heterocycles. The molecular weight excluding hydrogens is 290 g/mol. The number of ether oxygens (including phenoxy) is 2. The minimum atomic E-state index is 0.00469. The molecule has 0 heterocycles. The molecule has 2 N–H and O–H groups in total. The highest BCUT2D eigenvalue weighted by molar-refractivity contribution is 5.43. The molecule has 23 heavy (non-hydrogen) atoms. The van der Waals surface area contributed by atoms with Gasteiger partial charge in [0.05, 0.1) is 13.2 Å². The second-order valence-corrected chi connectivity index (χ2v) is 5.82. The molecule has 0 atom stereocenters. The zero-order chi connectivity index (χ0) is 16.3. The van der Waals surface area contributed by atoms with Crippen molar-refractivity contribution in [1.82, 2.24) is 5.32 Å². The van der Waals surface area contributed by atoms with Crippen molar-refractivity contribution in [1.29, 1.82) is 0 Å². The predicted octanol–water partition coefficient (Wildman–Crippen LogP) is 3.44. The Labute approximate surface area is 139 Å². The second kappa shape index (κ2) is 10.3. The quantitative estimate of drug-likeness (QED) is 0.512. The lowest BCUT2D eigenvalue weighted by Crippen LogP contribution is -2.16. The molecule has 0 radical (unpaired) electrons. The molecule has 0 spiro atoms. The minimum absolute atomic E-state index is 0.00469. The van der Waals surface area contributed by atoms with E-state index in [9.17, 15) is 0 Å². The molecule has 4 heteroatoms. The van der Waals surface area contributed by atoms with Crippen LogP contribution in [0.15, 0.2) is 29.8 Å². The highest BCUT2D eigenvalue weighted by Gasteiger charge is 2.07. The lowest BCUT2D eigenvalue weighted by Gasteiger charge is -2.14. The van der Waals surface area contributed by atoms with Crippen LogP contribution in [0.5, 0.6) is 11.5 Å². The number of hydrogen-bond acceptors (Lipinski definition) is 4. The van der Waals surface area contributed by atoms with Crippen molar-refractivity contribution in [3.05, 3.63) is 35.4 Å². The molecule has 0 saturated heterocycles. The summed E-state index contributed by atoms with van der Waals surface area (Å²) in [5, 5.41) is 12.4. The molecular formula is C19H29NO3. The highest BCUT2D eigenvalue weighted by Crippen LogP contribution is 2.28.